The van der Waals surface area contributed by atoms with E-state index in [0.717, 1.165) is 26.1 Å². The van der Waals surface area contributed by atoms with Crippen molar-refractivity contribution >= 4 is 11.5 Å². The van der Waals surface area contributed by atoms with Crippen molar-refractivity contribution < 1.29 is 9.66 Å². The first-order valence-corrected chi connectivity index (χ1v) is 7.36. The van der Waals surface area contributed by atoms with Gasteiger partial charge in [-0.3, -0.25) is 10.1 Å². The lowest BCUT2D eigenvalue weighted by atomic mass is 10.3. The lowest BCUT2D eigenvalue weighted by Crippen LogP contribution is -2.28. The van der Waals surface area contributed by atoms with Gasteiger partial charge in [-0.2, -0.15) is 4.98 Å². The Hall–Kier alpha value is -1.89. The van der Waals surface area contributed by atoms with Crippen LogP contribution in [-0.2, 0) is 0 Å². The summed E-state index contributed by atoms with van der Waals surface area (Å²) in [5, 5.41) is 14.1. The molecule has 21 heavy (non-hydrogen) atoms. The van der Waals surface area contributed by atoms with Crippen LogP contribution in [0.2, 0.25) is 0 Å². The lowest BCUT2D eigenvalue weighted by molar-refractivity contribution is -0.384. The van der Waals surface area contributed by atoms with E-state index in [9.17, 15) is 10.1 Å². The van der Waals surface area contributed by atoms with Gasteiger partial charge in [0.2, 0.25) is 11.7 Å². The number of nitro groups is 1. The van der Waals surface area contributed by atoms with Gasteiger partial charge in [-0.1, -0.05) is 20.8 Å². The number of rotatable bonds is 10. The van der Waals surface area contributed by atoms with Crippen molar-refractivity contribution in [2.45, 2.75) is 27.2 Å². The molecule has 0 aliphatic heterocycles. The average Bonchev–Trinajstić information content (AvgIpc) is 2.49. The summed E-state index contributed by atoms with van der Waals surface area (Å²) in [5.41, 5.74) is -0.0293. The van der Waals surface area contributed by atoms with Crippen LogP contribution >= 0.6 is 0 Å². The summed E-state index contributed by atoms with van der Waals surface area (Å²) >= 11 is 0. The normalized spacial score (nSPS) is 10.7. The molecular weight excluding hydrogens is 272 g/mol. The number of likely N-dealkylation sites (N-methyl/N-ethyl adjacent to an activating group) is 1. The van der Waals surface area contributed by atoms with Gasteiger partial charge in [0.25, 0.3) is 0 Å². The van der Waals surface area contributed by atoms with E-state index in [-0.39, 0.29) is 11.5 Å². The topological polar surface area (TPSA) is 80.5 Å². The third kappa shape index (κ3) is 5.55. The summed E-state index contributed by atoms with van der Waals surface area (Å²) in [6.45, 7) is 10.0. The van der Waals surface area contributed by atoms with Gasteiger partial charge in [-0.15, -0.1) is 0 Å². The minimum absolute atomic E-state index is 0.0293. The minimum atomic E-state index is -0.434. The molecule has 0 atom stereocenters. The predicted octanol–water partition coefficient (Wildman–Crippen LogP) is 2.53. The van der Waals surface area contributed by atoms with Crippen LogP contribution in [0.4, 0.5) is 11.5 Å². The van der Waals surface area contributed by atoms with Gasteiger partial charge in [0.05, 0.1) is 11.5 Å². The molecule has 1 heterocycles. The number of pyridine rings is 1. The zero-order chi connectivity index (χ0) is 15.7. The molecule has 0 aliphatic carbocycles. The highest BCUT2D eigenvalue weighted by atomic mass is 16.6. The van der Waals surface area contributed by atoms with Crippen LogP contribution in [0.5, 0.6) is 5.88 Å². The highest BCUT2D eigenvalue weighted by molar-refractivity contribution is 5.57. The monoisotopic (exact) mass is 296 g/mol. The first-order valence-electron chi connectivity index (χ1n) is 7.36. The molecule has 118 valence electrons. The third-order valence-corrected chi connectivity index (χ3v) is 3.11. The van der Waals surface area contributed by atoms with Gasteiger partial charge in [-0.05, 0) is 19.5 Å². The average molecular weight is 296 g/mol. The van der Waals surface area contributed by atoms with E-state index in [1.807, 2.05) is 6.92 Å². The van der Waals surface area contributed by atoms with Crippen LogP contribution in [0.3, 0.4) is 0 Å². The standard InChI is InChI=1S/C14H24N4O3/c1-4-11-21-13-8-7-12(18(19)20)14(16-13)15-9-10-17(5-2)6-3/h7-8H,4-6,9-11H2,1-3H3,(H,15,16). The molecule has 0 amide bonds. The van der Waals surface area contributed by atoms with Gasteiger partial charge in [-0.25, -0.2) is 0 Å². The number of aromatic nitrogens is 1. The van der Waals surface area contributed by atoms with E-state index in [0.29, 0.717) is 19.0 Å². The van der Waals surface area contributed by atoms with Gasteiger partial charge >= 0.3 is 5.69 Å². The van der Waals surface area contributed by atoms with E-state index in [1.165, 1.54) is 12.1 Å². The van der Waals surface area contributed by atoms with Gasteiger partial charge in [0.1, 0.15) is 0 Å². The summed E-state index contributed by atoms with van der Waals surface area (Å²) in [4.78, 5) is 17.0. The van der Waals surface area contributed by atoms with E-state index in [4.69, 9.17) is 4.74 Å². The molecule has 0 saturated carbocycles. The highest BCUT2D eigenvalue weighted by Crippen LogP contribution is 2.24. The van der Waals surface area contributed by atoms with Crippen molar-refractivity contribution in [2.24, 2.45) is 0 Å². The summed E-state index contributed by atoms with van der Waals surface area (Å²) in [7, 11) is 0. The molecule has 1 N–H and O–H groups in total. The van der Waals surface area contributed by atoms with Crippen molar-refractivity contribution in [1.82, 2.24) is 9.88 Å². The van der Waals surface area contributed by atoms with Crippen LogP contribution in [0, 0.1) is 10.1 Å². The second kappa shape index (κ2) is 9.12. The fraction of sp³-hybridized carbons (Fsp3) is 0.643. The van der Waals surface area contributed by atoms with Crippen LogP contribution < -0.4 is 10.1 Å². The van der Waals surface area contributed by atoms with E-state index in [2.05, 4.69) is 29.0 Å². The molecule has 0 aromatic carbocycles. The van der Waals surface area contributed by atoms with Crippen molar-refractivity contribution in [2.75, 3.05) is 38.1 Å². The highest BCUT2D eigenvalue weighted by Gasteiger charge is 2.16. The zero-order valence-corrected chi connectivity index (χ0v) is 13.0. The summed E-state index contributed by atoms with van der Waals surface area (Å²) in [5.74, 6) is 0.675. The van der Waals surface area contributed by atoms with Crippen LogP contribution in [0.1, 0.15) is 27.2 Å². The van der Waals surface area contributed by atoms with Gasteiger partial charge < -0.3 is 15.0 Å². The SMILES string of the molecule is CCCOc1ccc([N+](=O)[O-])c(NCCN(CC)CC)n1. The lowest BCUT2D eigenvalue weighted by Gasteiger charge is -2.18. The van der Waals surface area contributed by atoms with E-state index in [1.54, 1.807) is 0 Å². The van der Waals surface area contributed by atoms with Gasteiger partial charge in [0, 0.05) is 25.2 Å². The number of anilines is 1. The van der Waals surface area contributed by atoms with Crippen molar-refractivity contribution in [3.8, 4) is 5.88 Å². The molecule has 1 aromatic heterocycles. The van der Waals surface area contributed by atoms with E-state index >= 15 is 0 Å². The van der Waals surface area contributed by atoms with Crippen molar-refractivity contribution in [1.29, 1.82) is 0 Å². The Morgan fingerprint density at radius 2 is 2.05 bits per heavy atom. The zero-order valence-electron chi connectivity index (χ0n) is 13.0. The smallest absolute Gasteiger partial charge is 0.311 e. The summed E-state index contributed by atoms with van der Waals surface area (Å²) in [6.07, 6.45) is 0.864. The maximum absolute atomic E-state index is 11.0. The summed E-state index contributed by atoms with van der Waals surface area (Å²) in [6, 6.07) is 2.96. The Bertz CT molecular complexity index is 450. The third-order valence-electron chi connectivity index (χ3n) is 3.11. The molecule has 0 spiro atoms. The Labute approximate surface area is 125 Å². The molecule has 1 rings (SSSR count). The molecule has 0 aliphatic rings. The predicted molar refractivity (Wildman–Crippen MR) is 83.0 cm³/mol. The number of nitrogens with zero attached hydrogens (tertiary/aromatic N) is 3. The Balaban J connectivity index is 2.73. The molecule has 7 nitrogen and oxygen atoms in total. The number of hydrogen-bond acceptors (Lipinski definition) is 6. The van der Waals surface area contributed by atoms with Crippen molar-refractivity contribution in [3.63, 3.8) is 0 Å². The molecule has 1 aromatic rings. The molecular formula is C14H24N4O3. The largest absolute Gasteiger partial charge is 0.478 e. The fourth-order valence-electron chi connectivity index (χ4n) is 1.87. The van der Waals surface area contributed by atoms with Crippen LogP contribution in [-0.4, -0.2) is 47.6 Å². The molecule has 0 saturated heterocycles. The first kappa shape index (κ1) is 17.2. The van der Waals surface area contributed by atoms with Crippen LogP contribution in [0.15, 0.2) is 12.1 Å². The second-order valence-electron chi connectivity index (χ2n) is 4.58. The first-order chi connectivity index (χ1) is 10.1. The number of nitrogens with one attached hydrogen (secondary N) is 1. The molecule has 0 unspecified atom stereocenters. The molecule has 0 radical (unpaired) electrons. The second-order valence-corrected chi connectivity index (χ2v) is 4.58. The quantitative estimate of drug-likeness (QED) is 0.528. The Morgan fingerprint density at radius 3 is 2.62 bits per heavy atom. The molecule has 7 heteroatoms. The fourth-order valence-corrected chi connectivity index (χ4v) is 1.87. The van der Waals surface area contributed by atoms with Crippen LogP contribution in [0.25, 0.3) is 0 Å². The maximum Gasteiger partial charge on any atom is 0.311 e. The minimum Gasteiger partial charge on any atom is -0.478 e. The molecule has 0 bridgehead atoms. The van der Waals surface area contributed by atoms with Gasteiger partial charge in [0.15, 0.2) is 0 Å². The maximum atomic E-state index is 11.0. The summed E-state index contributed by atoms with van der Waals surface area (Å²) < 4.78 is 5.42. The number of ether oxygens (including phenoxy) is 1. The Kier molecular flexibility index (Phi) is 7.45. The van der Waals surface area contributed by atoms with Crippen molar-refractivity contribution in [3.05, 3.63) is 22.2 Å². The molecule has 0 fully saturated rings. The van der Waals surface area contributed by atoms with E-state index < -0.39 is 4.92 Å². The Morgan fingerprint density at radius 1 is 1.33 bits per heavy atom. The number of hydrogen-bond donors (Lipinski definition) is 1.